The van der Waals surface area contributed by atoms with Gasteiger partial charge in [-0.25, -0.2) is 5.73 Å². The van der Waals surface area contributed by atoms with Crippen LogP contribution in [0.3, 0.4) is 0 Å². The molecule has 107 heavy (non-hydrogen) atoms. The number of aliphatic hydroxyl groups excluding tert-OH is 6. The zero-order valence-corrected chi connectivity index (χ0v) is 61.6. The Kier molecular flexibility index (Phi) is 25.8. The van der Waals surface area contributed by atoms with Gasteiger partial charge < -0.3 is 122 Å². The van der Waals surface area contributed by atoms with Crippen LogP contribution in [-0.2, 0) is 52.6 Å². The number of fused-ring (bicyclic) bond motifs is 8. The fourth-order valence-corrected chi connectivity index (χ4v) is 13.4. The highest BCUT2D eigenvalue weighted by Gasteiger charge is 2.53. The maximum atomic E-state index is 15.2. The van der Waals surface area contributed by atoms with E-state index in [9.17, 15) is 75.7 Å². The predicted octanol–water partition coefficient (Wildman–Crippen LogP) is 1.76. The molecule has 5 aromatic carbocycles. The van der Waals surface area contributed by atoms with Crippen LogP contribution in [0.5, 0.6) is 46.0 Å². The van der Waals surface area contributed by atoms with Crippen LogP contribution in [0.15, 0.2) is 72.8 Å². The van der Waals surface area contributed by atoms with E-state index in [1.54, 1.807) is 32.8 Å². The average molecular weight is 1530 g/mol. The largest absolute Gasteiger partial charge is 0.508 e. The van der Waals surface area contributed by atoms with Gasteiger partial charge in [0.05, 0.1) is 52.9 Å². The number of amides is 7. The molecule has 5 aliphatic rings. The summed E-state index contributed by atoms with van der Waals surface area (Å²) in [7, 11) is 7.61. The van der Waals surface area contributed by atoms with E-state index in [1.807, 2.05) is 13.8 Å². The van der Waals surface area contributed by atoms with Crippen LogP contribution in [0.2, 0.25) is 10.0 Å². The molecule has 35 heteroatoms. The van der Waals surface area contributed by atoms with Gasteiger partial charge in [-0.15, -0.1) is 0 Å². The number of aliphatic hydroxyl groups is 6. The average Bonchev–Trinajstić information content (AvgIpc) is 0.763. The topological polar surface area (TPSA) is 502 Å². The van der Waals surface area contributed by atoms with E-state index in [2.05, 4.69) is 31.9 Å². The number of nitrogens with one attached hydrogen (secondary N) is 7. The van der Waals surface area contributed by atoms with E-state index in [0.29, 0.717) is 0 Å². The van der Waals surface area contributed by atoms with Gasteiger partial charge in [-0.2, -0.15) is 0 Å². The number of nitrogens with two attached hydrogens (primary N) is 1. The Labute approximate surface area is 624 Å². The number of Topliss-reactive ketones (excluding diaryl/α,β-unsaturated/α-hetero) is 1. The molecule has 0 aliphatic carbocycles. The van der Waals surface area contributed by atoms with Crippen LogP contribution in [0.25, 0.3) is 11.1 Å². The third-order valence-electron chi connectivity index (χ3n) is 19.5. The van der Waals surface area contributed by atoms with Crippen molar-refractivity contribution in [2.45, 2.75) is 170 Å². The fraction of sp³-hybridized carbons (Fsp3) is 0.472. The number of nitrogens with zero attached hydrogens (tertiary/aromatic N) is 2. The summed E-state index contributed by atoms with van der Waals surface area (Å²) in [4.78, 5) is 115. The highest BCUT2D eigenvalue weighted by molar-refractivity contribution is 6.32. The van der Waals surface area contributed by atoms with Crippen molar-refractivity contribution in [2.24, 2.45) is 11.7 Å². The van der Waals surface area contributed by atoms with Crippen LogP contribution < -0.4 is 57.6 Å². The molecule has 0 aromatic heterocycles. The van der Waals surface area contributed by atoms with E-state index in [4.69, 9.17) is 57.4 Å². The SMILES string of the molecule is CN[C@H](CC(C)C)C(=O)NC(C(=O)N[C@@H](CC(N)=O)C(C)=O)[C@H](O)c1ccc(Oc2cc3cc(c2O[C@@H]2O[C@H](CO)[C@@H](O)[C@H](O)[C@H]2O[C@H]2C[C@](C)(N(C)C)[C@H](O)[C@H](C)O2)Oc2ccc(cc2Cl)[C@@H](O)[C@@H]2NC(=O)[C@H](NC(=O)[C@@H]3[NH])c3ccc(O)c(c3)-c3c(cc(O)c(C)c3O)[C@@H](C(=O)N(C)C)NC2=O)c(Cl)c1. The van der Waals surface area contributed by atoms with Crippen molar-refractivity contribution in [1.29, 1.82) is 0 Å². The summed E-state index contributed by atoms with van der Waals surface area (Å²) in [6, 6.07) is 1.20. The van der Waals surface area contributed by atoms with Gasteiger partial charge in [0.25, 0.3) is 0 Å². The Morgan fingerprint density at radius 1 is 0.794 bits per heavy atom. The van der Waals surface area contributed by atoms with Gasteiger partial charge in [0.2, 0.25) is 53.4 Å². The minimum Gasteiger partial charge on any atom is -0.508 e. The first-order valence-electron chi connectivity index (χ1n) is 34.0. The van der Waals surface area contributed by atoms with E-state index >= 15 is 14.4 Å². The summed E-state index contributed by atoms with van der Waals surface area (Å²) in [6.45, 7) is 8.47. The fourth-order valence-electron chi connectivity index (χ4n) is 13.0. The summed E-state index contributed by atoms with van der Waals surface area (Å²) in [5, 5.41) is 120. The van der Waals surface area contributed by atoms with E-state index in [1.165, 1.54) is 58.4 Å². The lowest BCUT2D eigenvalue weighted by molar-refractivity contribution is -0.337. The number of rotatable bonds is 21. The van der Waals surface area contributed by atoms with Crippen molar-refractivity contribution in [1.82, 2.24) is 47.4 Å². The molecular formula is C72H89Cl2N10O23. The highest BCUT2D eigenvalue weighted by Crippen LogP contribution is 2.50. The lowest BCUT2D eigenvalue weighted by Crippen LogP contribution is -2.65. The summed E-state index contributed by atoms with van der Waals surface area (Å²) in [6.07, 6.45) is -17.2. The maximum absolute atomic E-state index is 15.2. The molecule has 5 aliphatic heterocycles. The second-order valence-electron chi connectivity index (χ2n) is 27.9. The number of ether oxygens (including phenoxy) is 6. The zero-order valence-electron chi connectivity index (χ0n) is 60.1. The minimum atomic E-state index is -2.23. The second kappa shape index (κ2) is 33.6. The molecule has 2 fully saturated rings. The van der Waals surface area contributed by atoms with Crippen molar-refractivity contribution < 1.29 is 113 Å². The molecule has 7 amide bonds. The van der Waals surface area contributed by atoms with Gasteiger partial charge in [-0.3, -0.25) is 38.4 Å². The van der Waals surface area contributed by atoms with E-state index < -0.39 is 204 Å². The van der Waals surface area contributed by atoms with Gasteiger partial charge in [-0.05, 0) is 144 Å². The van der Waals surface area contributed by atoms with Gasteiger partial charge in [-0.1, -0.05) is 55.2 Å². The molecule has 18 N–H and O–H groups in total. The van der Waals surface area contributed by atoms with Crippen molar-refractivity contribution in [3.05, 3.63) is 116 Å². The van der Waals surface area contributed by atoms with Gasteiger partial charge in [0.1, 0.15) is 89.5 Å². The molecule has 1 radical (unpaired) electrons. The summed E-state index contributed by atoms with van der Waals surface area (Å²) in [5.74, 6) is -12.5. The minimum absolute atomic E-state index is 0.0492. The molecule has 18 atom stereocenters. The summed E-state index contributed by atoms with van der Waals surface area (Å²) in [5.41, 5.74) is 12.1. The predicted molar refractivity (Wildman–Crippen MR) is 380 cm³/mol. The Hall–Kier alpha value is -9.04. The Morgan fingerprint density at radius 2 is 1.49 bits per heavy atom. The molecule has 2 saturated heterocycles. The van der Waals surface area contributed by atoms with Crippen LogP contribution in [-0.4, -0.2) is 224 Å². The third-order valence-corrected chi connectivity index (χ3v) is 20.1. The van der Waals surface area contributed by atoms with Crippen LogP contribution in [0.4, 0.5) is 0 Å². The molecule has 10 rings (SSSR count). The number of primary amides is 1. The Balaban J connectivity index is 1.24. The number of hydrogen-bond acceptors (Lipinski definition) is 25. The molecule has 33 nitrogen and oxygen atoms in total. The number of hydrogen-bond donors (Lipinski definition) is 16. The number of ketones is 1. The number of phenolic OH excluding ortho intramolecular Hbond substituents is 3. The number of carbonyl (C=O) groups is 8. The monoisotopic (exact) mass is 1530 g/mol. The number of benzene rings is 5. The number of aromatic hydroxyl groups is 3. The molecule has 579 valence electrons. The van der Waals surface area contributed by atoms with Gasteiger partial charge >= 0.3 is 0 Å². The first-order chi connectivity index (χ1) is 50.3. The van der Waals surface area contributed by atoms with Crippen molar-refractivity contribution in [2.75, 3.05) is 41.8 Å². The van der Waals surface area contributed by atoms with E-state index in [-0.39, 0.29) is 84.8 Å². The molecule has 0 saturated carbocycles. The highest BCUT2D eigenvalue weighted by atomic mass is 35.5. The Bertz CT molecular complexity index is 4230. The number of halogens is 2. The van der Waals surface area contributed by atoms with E-state index in [0.717, 1.165) is 54.3 Å². The molecule has 8 bridgehead atoms. The number of phenols is 3. The van der Waals surface area contributed by atoms with Gasteiger partial charge in [0.15, 0.2) is 29.7 Å². The summed E-state index contributed by atoms with van der Waals surface area (Å²) >= 11 is 14.2. The van der Waals surface area contributed by atoms with Crippen LogP contribution in [0.1, 0.15) is 118 Å². The number of likely N-dealkylation sites (N-methyl/N-ethyl adjacent to an activating group) is 3. The van der Waals surface area contributed by atoms with Gasteiger partial charge in [0, 0.05) is 37.2 Å². The number of carbonyl (C=O) groups excluding carboxylic acids is 8. The first kappa shape index (κ1) is 82.0. The standard InChI is InChI=1S/C72H89Cl2N10O23/c1-28(2)18-41(77-7)65(96)81-55(68(99)78-40(30(4)86)25-49(75)89)58(91)33-13-16-44(38(73)20-33)103-46-22-35-23-47(62(46)107-71-63(61(94)60(93)48(27-85)105-71)106-50-26-72(6,84(10)11)64(95)31(5)102-50)104-45-17-14-34(21-39(45)74)59(92)56-69(100)80-54(70(101)83(8)9)37-24-43(88)29(3)57(90)51(37)36-19-32(12-15-42(36)87)53(67(98)82-56)79-66(97)52(35)76/h12-17,19-24,28,31,40-41,48,50,52-56,58-61,63-64,71,76-77,85,87-88,90-95H,18,25-27H2,1-11H3,(H2,75,89)(H,78,99)(H,79,97)(H,80,100)(H,81,96)(H,82,98)/t31-,40-,41+,48+,50-,52+,53+,54-,55?,56-,58+,59+,60+,61-,63+,64+,71-,72-/m0/s1. The zero-order chi connectivity index (χ0) is 78.9. The van der Waals surface area contributed by atoms with Crippen LogP contribution >= 0.6 is 23.2 Å². The second-order valence-corrected chi connectivity index (χ2v) is 28.7. The van der Waals surface area contributed by atoms with Crippen LogP contribution in [0, 0.1) is 12.8 Å². The molecule has 1 unspecified atom stereocenters. The molecule has 0 spiro atoms. The molecule has 5 aromatic rings. The first-order valence-corrected chi connectivity index (χ1v) is 34.8. The van der Waals surface area contributed by atoms with Crippen molar-refractivity contribution in [3.63, 3.8) is 0 Å². The molecular weight excluding hydrogens is 1440 g/mol. The third kappa shape index (κ3) is 17.6. The Morgan fingerprint density at radius 3 is 2.10 bits per heavy atom. The molecule has 5 heterocycles. The van der Waals surface area contributed by atoms with Crippen molar-refractivity contribution in [3.8, 4) is 57.1 Å². The lowest BCUT2D eigenvalue weighted by atomic mass is 9.84. The summed E-state index contributed by atoms with van der Waals surface area (Å²) < 4.78 is 38.8. The quantitative estimate of drug-likeness (QED) is 0.0498. The lowest BCUT2D eigenvalue weighted by Gasteiger charge is -2.50. The van der Waals surface area contributed by atoms with Crippen molar-refractivity contribution >= 4 is 70.3 Å². The maximum Gasteiger partial charge on any atom is 0.249 e. The smallest absolute Gasteiger partial charge is 0.249 e. The normalized spacial score (nSPS) is 26.3.